The maximum Gasteiger partial charge on any atom is 0.344 e. The molecule has 0 spiro atoms. The van der Waals surface area contributed by atoms with E-state index in [2.05, 4.69) is 52.5 Å². The molecule has 0 saturated heterocycles. The number of allylic oxidation sites excluding steroid dienone is 5. The zero-order chi connectivity index (χ0) is 32.5. The fourth-order valence-electron chi connectivity index (χ4n) is 8.20. The van der Waals surface area contributed by atoms with Crippen molar-refractivity contribution in [3.8, 4) is 0 Å². The molecule has 3 aliphatic carbocycles. The van der Waals surface area contributed by atoms with Crippen LogP contribution in [0.4, 0.5) is 0 Å². The number of rotatable bonds is 16. The summed E-state index contributed by atoms with van der Waals surface area (Å²) in [5, 5.41) is 19.3. The predicted octanol–water partition coefficient (Wildman–Crippen LogP) is 9.27. The van der Waals surface area contributed by atoms with Crippen LogP contribution in [0.2, 0.25) is 0 Å². The Morgan fingerprint density at radius 2 is 1.73 bits per heavy atom. The van der Waals surface area contributed by atoms with Crippen molar-refractivity contribution in [2.45, 2.75) is 142 Å². The average Bonchev–Trinajstić information content (AvgIpc) is 3.35. The monoisotopic (exact) mass is 632 g/mol. The van der Waals surface area contributed by atoms with Crippen LogP contribution in [0.15, 0.2) is 47.6 Å². The highest BCUT2D eigenvalue weighted by Crippen LogP contribution is 2.64. The van der Waals surface area contributed by atoms with Gasteiger partial charge in [-0.2, -0.15) is 0 Å². The molecular formula is C37H61O6P. The van der Waals surface area contributed by atoms with Crippen molar-refractivity contribution >= 4 is 13.4 Å². The molecule has 6 atom stereocenters. The summed E-state index contributed by atoms with van der Waals surface area (Å²) in [5.74, 6) is 0.967. The van der Waals surface area contributed by atoms with Gasteiger partial charge in [-0.25, -0.2) is 0 Å². The minimum atomic E-state index is -3.69. The van der Waals surface area contributed by atoms with Crippen LogP contribution in [-0.2, 0) is 18.4 Å². The molecule has 0 aromatic carbocycles. The third-order valence-corrected chi connectivity index (χ3v) is 14.1. The second kappa shape index (κ2) is 16.5. The smallest absolute Gasteiger partial charge is 0.344 e. The number of aliphatic hydroxyl groups excluding tert-OH is 2. The van der Waals surface area contributed by atoms with Crippen molar-refractivity contribution in [3.05, 3.63) is 47.6 Å². The largest absolute Gasteiger partial charge is 0.393 e. The van der Waals surface area contributed by atoms with Gasteiger partial charge in [0.1, 0.15) is 5.16 Å². The van der Waals surface area contributed by atoms with Crippen molar-refractivity contribution in [2.24, 2.45) is 23.2 Å². The molecule has 0 amide bonds. The summed E-state index contributed by atoms with van der Waals surface area (Å²) in [6.07, 6.45) is 17.6. The van der Waals surface area contributed by atoms with Crippen molar-refractivity contribution in [1.82, 2.24) is 0 Å². The van der Waals surface area contributed by atoms with Crippen LogP contribution in [0.25, 0.3) is 0 Å². The molecule has 1 unspecified atom stereocenters. The van der Waals surface area contributed by atoms with Gasteiger partial charge in [0.15, 0.2) is 5.78 Å². The van der Waals surface area contributed by atoms with Gasteiger partial charge in [0.25, 0.3) is 0 Å². The van der Waals surface area contributed by atoms with Crippen LogP contribution in [-0.4, -0.2) is 46.6 Å². The van der Waals surface area contributed by atoms with Crippen molar-refractivity contribution < 1.29 is 28.6 Å². The predicted molar refractivity (Wildman–Crippen MR) is 181 cm³/mol. The van der Waals surface area contributed by atoms with Gasteiger partial charge in [-0.3, -0.25) is 9.36 Å². The average molecular weight is 633 g/mol. The standard InChI is InChI=1S/C37H61O6P/c1-8-12-23-42-44(41,43-24-13-9-2)37(10-3,11-4)35(40)21-16-27(5)32-19-20-33-29(15-14-22-36(32,33)7)17-18-30-25-31(38)26-34(39)28(30)6/h16-18,21,27,31-34,38-39H,6,8-15,19-20,22-26H2,1-5,7H3/t27-,31-,32-,33?,34+,36-/m1/s1. The third kappa shape index (κ3) is 7.97. The lowest BCUT2D eigenvalue weighted by Crippen LogP contribution is -2.38. The summed E-state index contributed by atoms with van der Waals surface area (Å²) in [6.45, 7) is 17.4. The first-order valence-electron chi connectivity index (χ1n) is 17.5. The SMILES string of the molecule is C=C1C(=CC=C2CCC[C@@]3(C)C2CC[C@@H]3[C@H](C)C=CC(=O)C(CC)(CC)P(=O)(OCCCC)OCCCC)C[C@@H](O)C[C@@H]1O. The van der Waals surface area contributed by atoms with Gasteiger partial charge in [0, 0.05) is 6.42 Å². The molecule has 3 saturated carbocycles. The Labute approximate surface area is 268 Å². The molecule has 7 heteroatoms. The lowest BCUT2D eigenvalue weighted by Gasteiger charge is -2.44. The first-order chi connectivity index (χ1) is 20.9. The summed E-state index contributed by atoms with van der Waals surface area (Å²) in [7, 11) is -3.69. The summed E-state index contributed by atoms with van der Waals surface area (Å²) < 4.78 is 26.4. The van der Waals surface area contributed by atoms with Gasteiger partial charge in [-0.05, 0) is 105 Å². The molecular weight excluding hydrogens is 571 g/mol. The van der Waals surface area contributed by atoms with E-state index in [-0.39, 0.29) is 17.1 Å². The van der Waals surface area contributed by atoms with Gasteiger partial charge in [-0.1, -0.05) is 84.8 Å². The van der Waals surface area contributed by atoms with Crippen LogP contribution in [0.5, 0.6) is 0 Å². The van der Waals surface area contributed by atoms with E-state index in [1.54, 1.807) is 6.08 Å². The molecule has 3 fully saturated rings. The number of ketones is 1. The molecule has 0 radical (unpaired) electrons. The number of fused-ring (bicyclic) bond motifs is 1. The Hall–Kier alpha value is -1.30. The van der Waals surface area contributed by atoms with E-state index >= 15 is 0 Å². The van der Waals surface area contributed by atoms with E-state index in [0.29, 0.717) is 50.7 Å². The summed E-state index contributed by atoms with van der Waals surface area (Å²) in [4.78, 5) is 14.0. The highest BCUT2D eigenvalue weighted by Gasteiger charge is 2.54. The number of hydrogen-bond donors (Lipinski definition) is 2. The molecule has 2 N–H and O–H groups in total. The van der Waals surface area contributed by atoms with Crippen LogP contribution < -0.4 is 0 Å². The van der Waals surface area contributed by atoms with Crippen molar-refractivity contribution in [3.63, 3.8) is 0 Å². The van der Waals surface area contributed by atoms with Crippen LogP contribution in [0.1, 0.15) is 125 Å². The lowest BCUT2D eigenvalue weighted by molar-refractivity contribution is -0.117. The second-order valence-corrected chi connectivity index (χ2v) is 16.2. The zero-order valence-electron chi connectivity index (χ0n) is 28.5. The summed E-state index contributed by atoms with van der Waals surface area (Å²) in [5.41, 5.74) is 3.26. The minimum absolute atomic E-state index is 0.131. The number of hydrogen-bond acceptors (Lipinski definition) is 6. The van der Waals surface area contributed by atoms with Crippen molar-refractivity contribution in [2.75, 3.05) is 13.2 Å². The molecule has 3 rings (SSSR count). The summed E-state index contributed by atoms with van der Waals surface area (Å²) in [6, 6.07) is 0. The maximum atomic E-state index is 14.4. The van der Waals surface area contributed by atoms with Gasteiger partial charge < -0.3 is 19.3 Å². The number of carbonyl (C=O) groups excluding carboxylic acids is 1. The molecule has 44 heavy (non-hydrogen) atoms. The van der Waals surface area contributed by atoms with E-state index in [1.807, 2.05) is 13.8 Å². The molecule has 0 heterocycles. The molecule has 6 nitrogen and oxygen atoms in total. The molecule has 3 aliphatic rings. The fraction of sp³-hybridized carbons (Fsp3) is 0.757. The highest BCUT2D eigenvalue weighted by molar-refractivity contribution is 7.57. The van der Waals surface area contributed by atoms with E-state index in [0.717, 1.165) is 68.9 Å². The molecule has 0 aromatic heterocycles. The summed E-state index contributed by atoms with van der Waals surface area (Å²) >= 11 is 0. The third-order valence-electron chi connectivity index (χ3n) is 11.2. The lowest BCUT2D eigenvalue weighted by atomic mass is 9.61. The first kappa shape index (κ1) is 37.2. The fourth-order valence-corrected chi connectivity index (χ4v) is 10.6. The second-order valence-electron chi connectivity index (χ2n) is 13.9. The Morgan fingerprint density at radius 1 is 1.09 bits per heavy atom. The first-order valence-corrected chi connectivity index (χ1v) is 19.0. The Kier molecular flexibility index (Phi) is 13.9. The van der Waals surface area contributed by atoms with Gasteiger partial charge >= 0.3 is 7.60 Å². The maximum absolute atomic E-state index is 14.4. The van der Waals surface area contributed by atoms with E-state index in [4.69, 9.17) is 9.05 Å². The normalized spacial score (nSPS) is 30.8. The minimum Gasteiger partial charge on any atom is -0.393 e. The molecule has 0 bridgehead atoms. The zero-order valence-corrected chi connectivity index (χ0v) is 29.4. The van der Waals surface area contributed by atoms with Crippen LogP contribution in [0, 0.1) is 23.2 Å². The Morgan fingerprint density at radius 3 is 2.32 bits per heavy atom. The number of carbonyl (C=O) groups is 1. The van der Waals surface area contributed by atoms with Gasteiger partial charge in [0.2, 0.25) is 0 Å². The van der Waals surface area contributed by atoms with E-state index < -0.39 is 25.0 Å². The highest BCUT2D eigenvalue weighted by atomic mass is 31.2. The molecule has 250 valence electrons. The van der Waals surface area contributed by atoms with Crippen LogP contribution in [0.3, 0.4) is 0 Å². The quantitative estimate of drug-likeness (QED) is 0.100. The molecule has 0 aliphatic heterocycles. The number of unbranched alkanes of at least 4 members (excludes halogenated alkanes) is 2. The van der Waals surface area contributed by atoms with Gasteiger partial charge in [-0.15, -0.1) is 0 Å². The Balaban J connectivity index is 1.80. The Bertz CT molecular complexity index is 1100. The van der Waals surface area contributed by atoms with Crippen molar-refractivity contribution in [1.29, 1.82) is 0 Å². The molecule has 0 aromatic rings. The number of aliphatic hydroxyl groups is 2. The van der Waals surface area contributed by atoms with E-state index in [9.17, 15) is 19.6 Å². The van der Waals surface area contributed by atoms with Gasteiger partial charge in [0.05, 0.1) is 25.4 Å². The van der Waals surface area contributed by atoms with E-state index in [1.165, 1.54) is 5.57 Å². The topological polar surface area (TPSA) is 93.1 Å². The van der Waals surface area contributed by atoms with Crippen LogP contribution >= 0.6 is 7.60 Å².